The summed E-state index contributed by atoms with van der Waals surface area (Å²) in [6.45, 7) is 8.94. The fourth-order valence-corrected chi connectivity index (χ4v) is 6.33. The van der Waals surface area contributed by atoms with E-state index in [4.69, 9.17) is 0 Å². The molecular weight excluding hydrogens is 326 g/mol. The van der Waals surface area contributed by atoms with E-state index in [0.29, 0.717) is 0 Å². The third kappa shape index (κ3) is 1.67. The second-order valence-electron chi connectivity index (χ2n) is 7.38. The monoisotopic (exact) mass is 349 g/mol. The van der Waals surface area contributed by atoms with Gasteiger partial charge >= 0.3 is 0 Å². The highest BCUT2D eigenvalue weighted by atomic mass is 79.9. The molecule has 1 amide bonds. The van der Waals surface area contributed by atoms with Gasteiger partial charge in [-0.05, 0) is 47.8 Å². The van der Waals surface area contributed by atoms with E-state index in [1.165, 1.54) is 5.56 Å². The van der Waals surface area contributed by atoms with Gasteiger partial charge in [0.05, 0.1) is 5.41 Å². The van der Waals surface area contributed by atoms with Crippen LogP contribution in [0.3, 0.4) is 0 Å². The lowest BCUT2D eigenvalue weighted by atomic mass is 9.43. The van der Waals surface area contributed by atoms with E-state index in [9.17, 15) is 4.79 Å². The largest absolute Gasteiger partial charge is 0.326 e. The molecule has 3 heteroatoms. The Morgan fingerprint density at radius 3 is 2.29 bits per heavy atom. The van der Waals surface area contributed by atoms with Crippen LogP contribution in [-0.4, -0.2) is 10.7 Å². The van der Waals surface area contributed by atoms with Gasteiger partial charge in [-0.1, -0.05) is 55.8 Å². The number of amides is 1. The Bertz CT molecular complexity index is 579. The van der Waals surface area contributed by atoms with Gasteiger partial charge in [-0.3, -0.25) is 4.79 Å². The van der Waals surface area contributed by atoms with E-state index in [2.05, 4.69) is 61.1 Å². The maximum atomic E-state index is 13.0. The summed E-state index contributed by atoms with van der Waals surface area (Å²) in [5.74, 6) is 0.175. The summed E-state index contributed by atoms with van der Waals surface area (Å²) in [6, 6.07) is 8.19. The topological polar surface area (TPSA) is 29.1 Å². The SMILES string of the molecule is CCc1ccc(NC(=O)C23CCC(C)(C2Br)C3(C)C)cc1. The van der Waals surface area contributed by atoms with E-state index in [-0.39, 0.29) is 27.0 Å². The minimum Gasteiger partial charge on any atom is -0.326 e. The minimum atomic E-state index is -0.273. The van der Waals surface area contributed by atoms with Crippen molar-refractivity contribution in [2.45, 2.75) is 51.8 Å². The molecule has 21 heavy (non-hydrogen) atoms. The van der Waals surface area contributed by atoms with Crippen molar-refractivity contribution in [1.29, 1.82) is 0 Å². The average molecular weight is 350 g/mol. The summed E-state index contributed by atoms with van der Waals surface area (Å²) in [4.78, 5) is 13.2. The number of nitrogens with one attached hydrogen (secondary N) is 1. The molecule has 3 unspecified atom stereocenters. The van der Waals surface area contributed by atoms with E-state index in [1.807, 2.05) is 12.1 Å². The molecule has 3 atom stereocenters. The third-order valence-electron chi connectivity index (χ3n) is 6.60. The Morgan fingerprint density at radius 1 is 1.24 bits per heavy atom. The van der Waals surface area contributed by atoms with Crippen molar-refractivity contribution in [2.24, 2.45) is 16.2 Å². The van der Waals surface area contributed by atoms with Gasteiger partial charge in [0.1, 0.15) is 0 Å². The van der Waals surface area contributed by atoms with Crippen molar-refractivity contribution >= 4 is 27.5 Å². The van der Waals surface area contributed by atoms with Gasteiger partial charge in [0, 0.05) is 10.5 Å². The maximum absolute atomic E-state index is 13.0. The van der Waals surface area contributed by atoms with Crippen molar-refractivity contribution in [3.05, 3.63) is 29.8 Å². The Morgan fingerprint density at radius 2 is 1.86 bits per heavy atom. The molecule has 1 aromatic carbocycles. The highest BCUT2D eigenvalue weighted by Crippen LogP contribution is 2.79. The molecule has 0 aliphatic heterocycles. The molecule has 0 radical (unpaired) electrons. The second-order valence-corrected chi connectivity index (χ2v) is 8.30. The molecular formula is C18H24BrNO. The molecule has 2 nitrogen and oxygen atoms in total. The van der Waals surface area contributed by atoms with Gasteiger partial charge in [-0.25, -0.2) is 0 Å². The summed E-state index contributed by atoms with van der Waals surface area (Å²) in [7, 11) is 0. The first-order valence-corrected chi connectivity index (χ1v) is 8.75. The van der Waals surface area contributed by atoms with Crippen molar-refractivity contribution in [1.82, 2.24) is 0 Å². The molecule has 114 valence electrons. The van der Waals surface area contributed by atoms with Gasteiger partial charge < -0.3 is 5.32 Å². The van der Waals surface area contributed by atoms with Crippen LogP contribution in [-0.2, 0) is 11.2 Å². The van der Waals surface area contributed by atoms with Crippen LogP contribution < -0.4 is 5.32 Å². The van der Waals surface area contributed by atoms with Crippen LogP contribution >= 0.6 is 15.9 Å². The lowest BCUT2D eigenvalue weighted by Gasteiger charge is -2.64. The van der Waals surface area contributed by atoms with E-state index in [0.717, 1.165) is 24.9 Å². The van der Waals surface area contributed by atoms with Crippen LogP contribution in [0.5, 0.6) is 0 Å². The van der Waals surface area contributed by atoms with Gasteiger partial charge in [0.15, 0.2) is 0 Å². The molecule has 0 aromatic heterocycles. The zero-order valence-corrected chi connectivity index (χ0v) is 14.9. The first-order valence-electron chi connectivity index (χ1n) is 7.84. The number of alkyl halides is 1. The first kappa shape index (κ1) is 15.1. The molecule has 3 fully saturated rings. The predicted octanol–water partition coefficient (Wildman–Crippen LogP) is 4.78. The quantitative estimate of drug-likeness (QED) is 0.781. The van der Waals surface area contributed by atoms with Crippen LogP contribution in [0.15, 0.2) is 24.3 Å². The van der Waals surface area contributed by atoms with E-state index >= 15 is 0 Å². The van der Waals surface area contributed by atoms with Gasteiger partial charge in [-0.2, -0.15) is 0 Å². The number of hydrogen-bond donors (Lipinski definition) is 1. The second kappa shape index (κ2) is 4.58. The molecule has 1 N–H and O–H groups in total. The highest BCUT2D eigenvalue weighted by molar-refractivity contribution is 9.09. The summed E-state index contributed by atoms with van der Waals surface area (Å²) in [5, 5.41) is 3.15. The molecule has 0 spiro atoms. The molecule has 3 saturated carbocycles. The fraction of sp³-hybridized carbons (Fsp3) is 0.611. The van der Waals surface area contributed by atoms with Crippen LogP contribution in [0.25, 0.3) is 0 Å². The Hall–Kier alpha value is -0.830. The van der Waals surface area contributed by atoms with Crippen molar-refractivity contribution in [3.8, 4) is 0 Å². The summed E-state index contributed by atoms with van der Waals surface area (Å²) >= 11 is 3.82. The number of aryl methyl sites for hydroxylation is 1. The molecule has 1 aromatic rings. The normalized spacial score (nSPS) is 36.1. The molecule has 3 aliphatic rings. The van der Waals surface area contributed by atoms with Crippen LogP contribution in [0.2, 0.25) is 0 Å². The maximum Gasteiger partial charge on any atom is 0.232 e. The summed E-state index contributed by atoms with van der Waals surface area (Å²) in [5.41, 5.74) is 2.20. The number of hydrogen-bond acceptors (Lipinski definition) is 1. The summed E-state index contributed by atoms with van der Waals surface area (Å²) in [6.07, 6.45) is 3.12. The average Bonchev–Trinajstić information content (AvgIpc) is 2.87. The number of benzene rings is 1. The molecule has 4 rings (SSSR count). The lowest BCUT2D eigenvalue weighted by Crippen LogP contribution is -2.68. The number of halogens is 1. The number of carbonyl (C=O) groups excluding carboxylic acids is 1. The fourth-order valence-electron chi connectivity index (χ4n) is 4.52. The Labute approximate surface area is 135 Å². The molecule has 0 saturated heterocycles. The van der Waals surface area contributed by atoms with Crippen molar-refractivity contribution < 1.29 is 4.79 Å². The smallest absolute Gasteiger partial charge is 0.232 e. The first-order chi connectivity index (χ1) is 9.79. The van der Waals surface area contributed by atoms with Crippen molar-refractivity contribution in [3.63, 3.8) is 0 Å². The molecule has 2 bridgehead atoms. The zero-order valence-electron chi connectivity index (χ0n) is 13.3. The van der Waals surface area contributed by atoms with Crippen LogP contribution in [0.1, 0.15) is 46.1 Å². The third-order valence-corrected chi connectivity index (χ3v) is 8.39. The number of carbonyl (C=O) groups is 1. The predicted molar refractivity (Wildman–Crippen MR) is 90.7 cm³/mol. The lowest BCUT2D eigenvalue weighted by molar-refractivity contribution is -0.155. The minimum absolute atomic E-state index is 0.0433. The van der Waals surface area contributed by atoms with E-state index < -0.39 is 0 Å². The summed E-state index contributed by atoms with van der Waals surface area (Å²) < 4.78 is 0. The van der Waals surface area contributed by atoms with E-state index in [1.54, 1.807) is 0 Å². The van der Waals surface area contributed by atoms with Crippen LogP contribution in [0.4, 0.5) is 5.69 Å². The Kier molecular flexibility index (Phi) is 3.29. The Balaban J connectivity index is 1.83. The number of rotatable bonds is 3. The van der Waals surface area contributed by atoms with Gasteiger partial charge in [-0.15, -0.1) is 0 Å². The van der Waals surface area contributed by atoms with Crippen molar-refractivity contribution in [2.75, 3.05) is 5.32 Å². The standard InChI is InChI=1S/C18H24BrNO/c1-5-12-6-8-13(9-7-12)20-15(21)18-11-10-17(4,14(18)19)16(18,2)3/h6-9,14H,5,10-11H2,1-4H3,(H,20,21). The number of anilines is 1. The highest BCUT2D eigenvalue weighted by Gasteiger charge is 2.80. The van der Waals surface area contributed by atoms with Crippen LogP contribution in [0, 0.1) is 16.2 Å². The number of fused-ring (bicyclic) bond motifs is 1. The van der Waals surface area contributed by atoms with Gasteiger partial charge in [0.25, 0.3) is 0 Å². The molecule has 0 heterocycles. The van der Waals surface area contributed by atoms with Gasteiger partial charge in [0.2, 0.25) is 5.91 Å². The zero-order chi connectivity index (χ0) is 15.5. The molecule has 3 aliphatic carbocycles.